The van der Waals surface area contributed by atoms with Crippen molar-refractivity contribution in [2.45, 2.75) is 31.3 Å². The first-order chi connectivity index (χ1) is 13.6. The van der Waals surface area contributed by atoms with E-state index in [0.717, 1.165) is 11.1 Å². The van der Waals surface area contributed by atoms with E-state index in [9.17, 15) is 9.59 Å². The van der Waals surface area contributed by atoms with Crippen LogP contribution in [0.25, 0.3) is 0 Å². The Morgan fingerprint density at radius 2 is 1.71 bits per heavy atom. The fraction of sp³-hybridized carbons (Fsp3) is 0.318. The van der Waals surface area contributed by atoms with Gasteiger partial charge in [0, 0.05) is 19.3 Å². The molecule has 6 heteroatoms. The second-order valence-corrected chi connectivity index (χ2v) is 6.84. The van der Waals surface area contributed by atoms with Crippen LogP contribution < -0.4 is 5.32 Å². The largest absolute Gasteiger partial charge is 0.466 e. The predicted octanol–water partition coefficient (Wildman–Crippen LogP) is 2.67. The number of benzene rings is 2. The number of oxime groups is 1. The van der Waals surface area contributed by atoms with Crippen molar-refractivity contribution < 1.29 is 19.2 Å². The van der Waals surface area contributed by atoms with Crippen LogP contribution in [0.4, 0.5) is 0 Å². The van der Waals surface area contributed by atoms with Gasteiger partial charge in [-0.15, -0.1) is 0 Å². The molecule has 0 radical (unpaired) electrons. The fourth-order valence-electron chi connectivity index (χ4n) is 3.22. The molecule has 1 N–H and O–H groups in total. The van der Waals surface area contributed by atoms with Crippen molar-refractivity contribution in [3.05, 3.63) is 71.8 Å². The van der Waals surface area contributed by atoms with Gasteiger partial charge in [-0.3, -0.25) is 4.79 Å². The van der Waals surface area contributed by atoms with Crippen LogP contribution in [-0.4, -0.2) is 36.8 Å². The summed E-state index contributed by atoms with van der Waals surface area (Å²) in [6.45, 7) is 0.251. The molecule has 146 valence electrons. The van der Waals surface area contributed by atoms with E-state index in [2.05, 4.69) is 10.5 Å². The number of carbonyl (C=O) groups is 2. The van der Waals surface area contributed by atoms with Gasteiger partial charge in [0.15, 0.2) is 0 Å². The smallest absolute Gasteiger partial charge is 0.353 e. The highest BCUT2D eigenvalue weighted by atomic mass is 16.7. The molecule has 2 aromatic carbocycles. The minimum atomic E-state index is -1.18. The van der Waals surface area contributed by atoms with Crippen LogP contribution in [0.1, 0.15) is 24.0 Å². The van der Waals surface area contributed by atoms with Crippen LogP contribution in [0.3, 0.4) is 0 Å². The lowest BCUT2D eigenvalue weighted by Crippen LogP contribution is -2.43. The molecule has 1 amide bonds. The fourth-order valence-corrected chi connectivity index (χ4v) is 3.22. The van der Waals surface area contributed by atoms with E-state index in [1.807, 2.05) is 60.7 Å². The number of amides is 1. The number of esters is 1. The van der Waals surface area contributed by atoms with Crippen molar-refractivity contribution in [1.82, 2.24) is 5.32 Å². The number of hydrogen-bond donors (Lipinski definition) is 1. The van der Waals surface area contributed by atoms with E-state index in [1.165, 1.54) is 7.11 Å². The summed E-state index contributed by atoms with van der Waals surface area (Å²) in [4.78, 5) is 30.0. The van der Waals surface area contributed by atoms with Gasteiger partial charge in [0.05, 0.1) is 19.4 Å². The average Bonchev–Trinajstić information content (AvgIpc) is 3.15. The third-order valence-electron chi connectivity index (χ3n) is 4.70. The Balaban J connectivity index is 1.53. The minimum absolute atomic E-state index is 0.0646. The topological polar surface area (TPSA) is 77.0 Å². The van der Waals surface area contributed by atoms with Gasteiger partial charge in [0.2, 0.25) is 11.5 Å². The van der Waals surface area contributed by atoms with Gasteiger partial charge < -0.3 is 14.9 Å². The summed E-state index contributed by atoms with van der Waals surface area (Å²) in [5.41, 5.74) is 1.51. The molecule has 6 nitrogen and oxygen atoms in total. The number of nitrogens with one attached hydrogen (secondary N) is 1. The van der Waals surface area contributed by atoms with Gasteiger partial charge in [0.25, 0.3) is 0 Å². The Hall–Kier alpha value is -3.15. The molecule has 0 saturated heterocycles. The van der Waals surface area contributed by atoms with E-state index in [4.69, 9.17) is 9.57 Å². The molecular formula is C22H24N2O4. The standard InChI is InChI=1S/C22H24N2O4/c1-27-21(26)22(14-18-10-6-3-7-11-18)15-19(24-28-22)16-23-20(25)13-12-17-8-4-2-5-9-17/h2-11H,12-16H2,1H3,(H,23,25). The SMILES string of the molecule is COC(=O)C1(Cc2ccccc2)CC(CNC(=O)CCc2ccccc2)=NO1. The maximum absolute atomic E-state index is 12.4. The van der Waals surface area contributed by atoms with Gasteiger partial charge in [-0.2, -0.15) is 0 Å². The Kier molecular flexibility index (Phi) is 6.42. The van der Waals surface area contributed by atoms with Crippen LogP contribution >= 0.6 is 0 Å². The van der Waals surface area contributed by atoms with Crippen LogP contribution in [-0.2, 0) is 32.0 Å². The Bertz CT molecular complexity index is 836. The maximum Gasteiger partial charge on any atom is 0.353 e. The quantitative estimate of drug-likeness (QED) is 0.715. The lowest BCUT2D eigenvalue weighted by atomic mass is 9.89. The van der Waals surface area contributed by atoms with Crippen LogP contribution in [0.15, 0.2) is 65.8 Å². The summed E-state index contributed by atoms with van der Waals surface area (Å²) in [5.74, 6) is -0.532. The number of nitrogens with zero attached hydrogens (tertiary/aromatic N) is 1. The molecule has 28 heavy (non-hydrogen) atoms. The van der Waals surface area contributed by atoms with Gasteiger partial charge in [-0.1, -0.05) is 65.8 Å². The third kappa shape index (κ3) is 4.97. The first kappa shape index (κ1) is 19.6. The van der Waals surface area contributed by atoms with Crippen LogP contribution in [0, 0.1) is 0 Å². The highest BCUT2D eigenvalue weighted by Gasteiger charge is 2.47. The molecule has 0 aromatic heterocycles. The Morgan fingerprint density at radius 1 is 1.07 bits per heavy atom. The molecule has 2 aromatic rings. The number of rotatable bonds is 8. The monoisotopic (exact) mass is 380 g/mol. The lowest BCUT2D eigenvalue weighted by Gasteiger charge is -2.23. The summed E-state index contributed by atoms with van der Waals surface area (Å²) in [6, 6.07) is 19.4. The molecular weight excluding hydrogens is 356 g/mol. The van der Waals surface area contributed by atoms with Gasteiger partial charge >= 0.3 is 5.97 Å². The molecule has 0 bridgehead atoms. The first-order valence-electron chi connectivity index (χ1n) is 9.28. The second-order valence-electron chi connectivity index (χ2n) is 6.84. The zero-order chi connectivity index (χ0) is 19.8. The number of hydrogen-bond acceptors (Lipinski definition) is 5. The summed E-state index contributed by atoms with van der Waals surface area (Å²) >= 11 is 0. The highest BCUT2D eigenvalue weighted by molar-refractivity contribution is 5.96. The van der Waals surface area contributed by atoms with Crippen molar-refractivity contribution in [2.75, 3.05) is 13.7 Å². The average molecular weight is 380 g/mol. The Morgan fingerprint density at radius 3 is 2.36 bits per heavy atom. The predicted molar refractivity (Wildman–Crippen MR) is 106 cm³/mol. The van der Waals surface area contributed by atoms with Crippen molar-refractivity contribution in [1.29, 1.82) is 0 Å². The lowest BCUT2D eigenvalue weighted by molar-refractivity contribution is -0.166. The van der Waals surface area contributed by atoms with Crippen molar-refractivity contribution in [2.24, 2.45) is 5.16 Å². The van der Waals surface area contributed by atoms with E-state index < -0.39 is 11.6 Å². The third-order valence-corrected chi connectivity index (χ3v) is 4.70. The number of ether oxygens (including phenoxy) is 1. The van der Waals surface area contributed by atoms with Crippen molar-refractivity contribution >= 4 is 17.6 Å². The second kappa shape index (κ2) is 9.17. The Labute approximate surface area is 164 Å². The summed E-state index contributed by atoms with van der Waals surface area (Å²) in [7, 11) is 1.34. The molecule has 0 saturated carbocycles. The van der Waals surface area contributed by atoms with Crippen LogP contribution in [0.2, 0.25) is 0 Å². The summed E-state index contributed by atoms with van der Waals surface area (Å²) in [6.07, 6.45) is 1.71. The zero-order valence-electron chi connectivity index (χ0n) is 15.9. The normalized spacial score (nSPS) is 18.1. The highest BCUT2D eigenvalue weighted by Crippen LogP contribution is 2.29. The molecule has 1 aliphatic heterocycles. The molecule has 1 aliphatic rings. The molecule has 0 aliphatic carbocycles. The molecule has 1 unspecified atom stereocenters. The van der Waals surface area contributed by atoms with Crippen LogP contribution in [0.5, 0.6) is 0 Å². The summed E-state index contributed by atoms with van der Waals surface area (Å²) in [5, 5.41) is 6.90. The van der Waals surface area contributed by atoms with E-state index >= 15 is 0 Å². The molecule has 0 fully saturated rings. The van der Waals surface area contributed by atoms with Gasteiger partial charge in [0.1, 0.15) is 0 Å². The molecule has 1 atom stereocenters. The minimum Gasteiger partial charge on any atom is -0.466 e. The first-order valence-corrected chi connectivity index (χ1v) is 9.28. The summed E-state index contributed by atoms with van der Waals surface area (Å²) < 4.78 is 4.95. The van der Waals surface area contributed by atoms with Crippen molar-refractivity contribution in [3.63, 3.8) is 0 Å². The van der Waals surface area contributed by atoms with Gasteiger partial charge in [-0.05, 0) is 17.5 Å². The van der Waals surface area contributed by atoms with Crippen molar-refractivity contribution in [3.8, 4) is 0 Å². The molecule has 3 rings (SSSR count). The maximum atomic E-state index is 12.4. The molecule has 1 heterocycles. The van der Waals surface area contributed by atoms with E-state index in [0.29, 0.717) is 25.0 Å². The van der Waals surface area contributed by atoms with Gasteiger partial charge in [-0.25, -0.2) is 4.79 Å². The number of aryl methyl sites for hydroxylation is 1. The zero-order valence-corrected chi connectivity index (χ0v) is 15.9. The number of methoxy groups -OCH3 is 1. The van der Waals surface area contributed by atoms with E-state index in [1.54, 1.807) is 0 Å². The molecule has 0 spiro atoms. The number of carbonyl (C=O) groups excluding carboxylic acids is 2. The van der Waals surface area contributed by atoms with E-state index in [-0.39, 0.29) is 18.9 Å².